The molecule has 0 amide bonds. The van der Waals surface area contributed by atoms with E-state index in [1.165, 1.54) is 128 Å². The van der Waals surface area contributed by atoms with Gasteiger partial charge in [-0.15, -0.1) is 0 Å². The number of hydrogen-bond donors (Lipinski definition) is 0. The van der Waals surface area contributed by atoms with Crippen molar-refractivity contribution in [2.75, 3.05) is 27.2 Å². The van der Waals surface area contributed by atoms with Crippen molar-refractivity contribution in [2.45, 2.75) is 213 Å². The first-order valence-corrected chi connectivity index (χ1v) is 19.9. The smallest absolute Gasteiger partial charge is 0.306 e. The molecule has 0 aliphatic rings. The van der Waals surface area contributed by atoms with E-state index >= 15 is 0 Å². The Labute approximate surface area is 281 Å². The van der Waals surface area contributed by atoms with E-state index < -0.39 is 0 Å². The summed E-state index contributed by atoms with van der Waals surface area (Å²) in [6.07, 6.45) is 34.0. The predicted octanol–water partition coefficient (Wildman–Crippen LogP) is 12.0. The second-order valence-corrected chi connectivity index (χ2v) is 14.2. The molecule has 0 fully saturated rings. The van der Waals surface area contributed by atoms with E-state index in [9.17, 15) is 9.59 Å². The van der Waals surface area contributed by atoms with Gasteiger partial charge in [-0.3, -0.25) is 9.59 Å². The second kappa shape index (κ2) is 34.2. The maximum Gasteiger partial charge on any atom is 0.306 e. The molecular formula is C40H79NO4. The monoisotopic (exact) mass is 638 g/mol. The van der Waals surface area contributed by atoms with Crippen LogP contribution < -0.4 is 0 Å². The number of ether oxygens (including phenoxy) is 2. The number of nitrogens with zero attached hydrogens (tertiary/aromatic N) is 1. The molecule has 2 atom stereocenters. The van der Waals surface area contributed by atoms with Gasteiger partial charge in [0.05, 0.1) is 6.61 Å². The summed E-state index contributed by atoms with van der Waals surface area (Å²) < 4.78 is 11.5. The summed E-state index contributed by atoms with van der Waals surface area (Å²) >= 11 is 0. The molecule has 0 aromatic heterocycles. The van der Waals surface area contributed by atoms with Gasteiger partial charge in [0.15, 0.2) is 0 Å². The van der Waals surface area contributed by atoms with E-state index in [4.69, 9.17) is 9.47 Å². The normalized spacial score (nSPS) is 12.8. The fourth-order valence-electron chi connectivity index (χ4n) is 6.33. The quantitative estimate of drug-likeness (QED) is 0.0511. The number of carbonyl (C=O) groups is 2. The first-order chi connectivity index (χ1) is 21.9. The Kier molecular flexibility index (Phi) is 33.4. The van der Waals surface area contributed by atoms with Crippen molar-refractivity contribution >= 4 is 11.9 Å². The van der Waals surface area contributed by atoms with Gasteiger partial charge in [-0.25, -0.2) is 0 Å². The first kappa shape index (κ1) is 43.9. The Hall–Kier alpha value is -1.10. The zero-order chi connectivity index (χ0) is 33.2. The van der Waals surface area contributed by atoms with E-state index in [1.807, 2.05) is 14.1 Å². The molecule has 2 unspecified atom stereocenters. The van der Waals surface area contributed by atoms with Crippen molar-refractivity contribution in [3.63, 3.8) is 0 Å². The van der Waals surface area contributed by atoms with Crippen molar-refractivity contribution < 1.29 is 19.1 Å². The van der Waals surface area contributed by atoms with Crippen LogP contribution >= 0.6 is 0 Å². The maximum absolute atomic E-state index is 12.5. The Morgan fingerprint density at radius 3 is 1.42 bits per heavy atom. The summed E-state index contributed by atoms with van der Waals surface area (Å²) in [5, 5.41) is 0. The largest absolute Gasteiger partial charge is 0.466 e. The van der Waals surface area contributed by atoms with E-state index in [1.54, 1.807) is 0 Å². The van der Waals surface area contributed by atoms with Gasteiger partial charge in [0.1, 0.15) is 6.10 Å². The molecule has 0 aliphatic heterocycles. The molecule has 0 rings (SSSR count). The summed E-state index contributed by atoms with van der Waals surface area (Å²) in [5.41, 5.74) is 0. The highest BCUT2D eigenvalue weighted by atomic mass is 16.5. The highest BCUT2D eigenvalue weighted by molar-refractivity contribution is 5.69. The maximum atomic E-state index is 12.5. The summed E-state index contributed by atoms with van der Waals surface area (Å²) in [6, 6.07) is 0. The van der Waals surface area contributed by atoms with Crippen LogP contribution in [0.15, 0.2) is 0 Å². The van der Waals surface area contributed by atoms with Crippen LogP contribution in [0.3, 0.4) is 0 Å². The zero-order valence-electron chi connectivity index (χ0n) is 31.2. The average Bonchev–Trinajstić information content (AvgIpc) is 3.01. The third-order valence-electron chi connectivity index (χ3n) is 9.27. The van der Waals surface area contributed by atoms with Crippen molar-refractivity contribution in [3.8, 4) is 0 Å². The van der Waals surface area contributed by atoms with Gasteiger partial charge in [0.25, 0.3) is 0 Å². The molecule has 0 heterocycles. The molecule has 0 radical (unpaired) electrons. The van der Waals surface area contributed by atoms with Gasteiger partial charge in [0.2, 0.25) is 0 Å². The van der Waals surface area contributed by atoms with Gasteiger partial charge in [0, 0.05) is 12.8 Å². The van der Waals surface area contributed by atoms with Crippen molar-refractivity contribution in [3.05, 3.63) is 0 Å². The molecule has 0 N–H and O–H groups in total. The lowest BCUT2D eigenvalue weighted by Gasteiger charge is -2.18. The zero-order valence-corrected chi connectivity index (χ0v) is 31.2. The number of esters is 2. The Morgan fingerprint density at radius 1 is 0.489 bits per heavy atom. The lowest BCUT2D eigenvalue weighted by atomic mass is 9.90. The lowest BCUT2D eigenvalue weighted by molar-refractivity contribution is -0.150. The molecule has 0 saturated carbocycles. The van der Waals surface area contributed by atoms with Crippen LogP contribution in [-0.2, 0) is 19.1 Å². The van der Waals surface area contributed by atoms with Crippen LogP contribution in [0, 0.1) is 5.92 Å². The molecule has 0 spiro atoms. The molecule has 5 heteroatoms. The first-order valence-electron chi connectivity index (χ1n) is 19.9. The second-order valence-electron chi connectivity index (χ2n) is 14.2. The SMILES string of the molecule is CCCCCCCCCC(CCCCCCCC)CCCOC(=O)CCCCC(CCCCCCC)OC(=O)CCCN(C)C. The molecule has 45 heavy (non-hydrogen) atoms. The fourth-order valence-corrected chi connectivity index (χ4v) is 6.33. The Balaban J connectivity index is 4.34. The minimum atomic E-state index is -0.0726. The number of carbonyl (C=O) groups excluding carboxylic acids is 2. The minimum absolute atomic E-state index is 0.0191. The third-order valence-corrected chi connectivity index (χ3v) is 9.27. The molecule has 0 aromatic carbocycles. The molecule has 0 bridgehead atoms. The van der Waals surface area contributed by atoms with Crippen molar-refractivity contribution in [1.82, 2.24) is 4.90 Å². The van der Waals surface area contributed by atoms with Crippen LogP contribution in [0.1, 0.15) is 207 Å². The number of rotatable bonds is 35. The topological polar surface area (TPSA) is 55.8 Å². The van der Waals surface area contributed by atoms with Crippen LogP contribution in [0.2, 0.25) is 0 Å². The summed E-state index contributed by atoms with van der Waals surface area (Å²) in [4.78, 5) is 27.0. The molecule has 5 nitrogen and oxygen atoms in total. The lowest BCUT2D eigenvalue weighted by Crippen LogP contribution is -2.20. The Bertz CT molecular complexity index is 638. The molecule has 0 aliphatic carbocycles. The van der Waals surface area contributed by atoms with Crippen molar-refractivity contribution in [1.29, 1.82) is 0 Å². The predicted molar refractivity (Wildman–Crippen MR) is 194 cm³/mol. The number of hydrogen-bond acceptors (Lipinski definition) is 5. The highest BCUT2D eigenvalue weighted by Gasteiger charge is 2.15. The highest BCUT2D eigenvalue weighted by Crippen LogP contribution is 2.24. The molecule has 0 aromatic rings. The molecular weight excluding hydrogens is 558 g/mol. The Morgan fingerprint density at radius 2 is 0.911 bits per heavy atom. The van der Waals surface area contributed by atoms with Crippen LogP contribution in [0.25, 0.3) is 0 Å². The van der Waals surface area contributed by atoms with E-state index in [0.717, 1.165) is 57.4 Å². The molecule has 268 valence electrons. The summed E-state index contributed by atoms with van der Waals surface area (Å²) in [7, 11) is 4.06. The van der Waals surface area contributed by atoms with Gasteiger partial charge in [-0.05, 0) is 77.9 Å². The molecule has 0 saturated heterocycles. The van der Waals surface area contributed by atoms with E-state index in [-0.39, 0.29) is 18.0 Å². The standard InChI is InChI=1S/C40H79NO4/c1-6-9-12-15-17-20-22-29-37(28-21-19-16-13-10-7-2)30-27-36-44-39(42)33-25-24-32-38(31-23-18-14-11-8-3)45-40(43)34-26-35-41(4)5/h37-38H,6-36H2,1-5H3. The van der Waals surface area contributed by atoms with Gasteiger partial charge < -0.3 is 14.4 Å². The van der Waals surface area contributed by atoms with Gasteiger partial charge in [-0.2, -0.15) is 0 Å². The summed E-state index contributed by atoms with van der Waals surface area (Å²) in [5.74, 6) is 0.651. The minimum Gasteiger partial charge on any atom is -0.466 e. The average molecular weight is 638 g/mol. The number of unbranched alkanes of at least 4 members (excludes halogenated alkanes) is 16. The van der Waals surface area contributed by atoms with Crippen molar-refractivity contribution in [2.24, 2.45) is 5.92 Å². The van der Waals surface area contributed by atoms with E-state index in [0.29, 0.717) is 19.4 Å². The summed E-state index contributed by atoms with van der Waals surface area (Å²) in [6.45, 7) is 8.26. The van der Waals surface area contributed by atoms with Gasteiger partial charge >= 0.3 is 11.9 Å². The van der Waals surface area contributed by atoms with Gasteiger partial charge in [-0.1, -0.05) is 143 Å². The van der Waals surface area contributed by atoms with E-state index in [2.05, 4.69) is 25.7 Å². The third kappa shape index (κ3) is 32.6. The van der Waals surface area contributed by atoms with Crippen LogP contribution in [0.4, 0.5) is 0 Å². The van der Waals surface area contributed by atoms with Crippen LogP contribution in [-0.4, -0.2) is 50.2 Å². The van der Waals surface area contributed by atoms with Crippen LogP contribution in [0.5, 0.6) is 0 Å². The fraction of sp³-hybridized carbons (Fsp3) is 0.950.